The van der Waals surface area contributed by atoms with Crippen LogP contribution in [0.3, 0.4) is 0 Å². The van der Waals surface area contributed by atoms with Crippen molar-refractivity contribution in [1.29, 1.82) is 0 Å². The van der Waals surface area contributed by atoms with Crippen molar-refractivity contribution in [3.8, 4) is 5.75 Å². The van der Waals surface area contributed by atoms with Crippen LogP contribution in [0.2, 0.25) is 0 Å². The summed E-state index contributed by atoms with van der Waals surface area (Å²) in [7, 11) is -1.91. The third kappa shape index (κ3) is 8.17. The van der Waals surface area contributed by atoms with Crippen LogP contribution in [0.25, 0.3) is 0 Å². The molecular formula is C36H39N3O5S. The summed E-state index contributed by atoms with van der Waals surface area (Å²) >= 11 is 0. The van der Waals surface area contributed by atoms with E-state index in [9.17, 15) is 18.0 Å². The molecule has 5 rings (SSSR count). The van der Waals surface area contributed by atoms with E-state index in [-0.39, 0.29) is 29.7 Å². The number of carbonyl (C=O) groups excluding carboxylic acids is 2. The van der Waals surface area contributed by atoms with Gasteiger partial charge in [0.1, 0.15) is 11.8 Å². The number of hydrogen-bond donors (Lipinski definition) is 1. The lowest BCUT2D eigenvalue weighted by atomic mass is 10.0. The zero-order valence-corrected chi connectivity index (χ0v) is 26.3. The molecule has 1 heterocycles. The topological polar surface area (TPSA) is 96.0 Å². The number of hydrogen-bond acceptors (Lipinski definition) is 5. The highest BCUT2D eigenvalue weighted by Gasteiger charge is 2.31. The maximum Gasteiger partial charge on any atom is 0.247 e. The third-order valence-electron chi connectivity index (χ3n) is 8.07. The second kappa shape index (κ2) is 15.0. The zero-order valence-electron chi connectivity index (χ0n) is 25.5. The van der Waals surface area contributed by atoms with Crippen LogP contribution in [0.15, 0.2) is 114 Å². The monoisotopic (exact) mass is 625 g/mol. The van der Waals surface area contributed by atoms with Gasteiger partial charge in [0, 0.05) is 32.6 Å². The average Bonchev–Trinajstić information content (AvgIpc) is 3.64. The van der Waals surface area contributed by atoms with Gasteiger partial charge in [-0.3, -0.25) is 9.59 Å². The van der Waals surface area contributed by atoms with Gasteiger partial charge < -0.3 is 15.0 Å². The summed E-state index contributed by atoms with van der Waals surface area (Å²) < 4.78 is 32.7. The molecule has 4 aromatic carbocycles. The Morgan fingerprint density at radius 1 is 0.800 bits per heavy atom. The Bertz CT molecular complexity index is 1660. The number of carbonyl (C=O) groups is 2. The summed E-state index contributed by atoms with van der Waals surface area (Å²) in [6.45, 7) is 1.64. The van der Waals surface area contributed by atoms with Crippen LogP contribution in [0.5, 0.6) is 5.75 Å². The molecule has 0 bridgehead atoms. The second-order valence-corrected chi connectivity index (χ2v) is 13.1. The molecular weight excluding hydrogens is 586 g/mol. The van der Waals surface area contributed by atoms with Gasteiger partial charge in [-0.1, -0.05) is 84.9 Å². The highest BCUT2D eigenvalue weighted by molar-refractivity contribution is 7.89. The van der Waals surface area contributed by atoms with Gasteiger partial charge in [0.05, 0.1) is 12.0 Å². The van der Waals surface area contributed by atoms with Crippen LogP contribution >= 0.6 is 0 Å². The average molecular weight is 626 g/mol. The van der Waals surface area contributed by atoms with Gasteiger partial charge in [-0.25, -0.2) is 8.42 Å². The van der Waals surface area contributed by atoms with E-state index in [0.29, 0.717) is 37.4 Å². The number of nitrogens with zero attached hydrogens (tertiary/aromatic N) is 2. The number of benzene rings is 4. The molecule has 1 unspecified atom stereocenters. The number of sulfonamides is 1. The number of aryl methyl sites for hydroxylation is 1. The number of ether oxygens (including phenoxy) is 1. The van der Waals surface area contributed by atoms with Crippen molar-refractivity contribution in [1.82, 2.24) is 14.5 Å². The molecule has 8 nitrogen and oxygen atoms in total. The molecule has 1 N–H and O–H groups in total. The van der Waals surface area contributed by atoms with Crippen LogP contribution in [0.4, 0.5) is 0 Å². The Balaban J connectivity index is 1.38. The van der Waals surface area contributed by atoms with E-state index in [1.165, 1.54) is 4.31 Å². The number of rotatable bonds is 13. The van der Waals surface area contributed by atoms with E-state index in [1.54, 1.807) is 36.3 Å². The molecule has 1 aliphatic rings. The van der Waals surface area contributed by atoms with Crippen molar-refractivity contribution in [3.05, 3.63) is 131 Å². The van der Waals surface area contributed by atoms with E-state index in [0.717, 1.165) is 29.5 Å². The summed E-state index contributed by atoms with van der Waals surface area (Å²) in [5, 5.41) is 3.04. The Morgan fingerprint density at radius 3 is 2.02 bits per heavy atom. The highest BCUT2D eigenvalue weighted by atomic mass is 32.2. The SMILES string of the molecule is COc1ccc(CN(C(=O)CCc2ccc(S(=O)(=O)N3CCCC3)cc2)C(C(=O)NCc2ccccc2)c2ccccc2)cc1. The molecule has 234 valence electrons. The fourth-order valence-corrected chi connectivity index (χ4v) is 7.06. The molecule has 0 saturated carbocycles. The van der Waals surface area contributed by atoms with Gasteiger partial charge in [-0.05, 0) is 65.8 Å². The third-order valence-corrected chi connectivity index (χ3v) is 9.98. The first-order chi connectivity index (χ1) is 21.8. The molecule has 1 aliphatic heterocycles. The molecule has 0 radical (unpaired) electrons. The smallest absolute Gasteiger partial charge is 0.247 e. The van der Waals surface area contributed by atoms with Crippen molar-refractivity contribution in [2.75, 3.05) is 20.2 Å². The molecule has 45 heavy (non-hydrogen) atoms. The van der Waals surface area contributed by atoms with Crippen LogP contribution in [0, 0.1) is 0 Å². The Labute approximate surface area is 265 Å². The van der Waals surface area contributed by atoms with Gasteiger partial charge in [0.25, 0.3) is 0 Å². The minimum absolute atomic E-state index is 0.143. The lowest BCUT2D eigenvalue weighted by Gasteiger charge is -2.32. The minimum atomic E-state index is -3.51. The predicted octanol–water partition coefficient (Wildman–Crippen LogP) is 5.50. The predicted molar refractivity (Wildman–Crippen MR) is 174 cm³/mol. The van der Waals surface area contributed by atoms with Gasteiger partial charge in [-0.15, -0.1) is 0 Å². The number of methoxy groups -OCH3 is 1. The van der Waals surface area contributed by atoms with Gasteiger partial charge >= 0.3 is 0 Å². The molecule has 2 amide bonds. The number of nitrogens with one attached hydrogen (secondary N) is 1. The summed E-state index contributed by atoms with van der Waals surface area (Å²) in [6, 6.07) is 32.3. The molecule has 0 spiro atoms. The first kappa shape index (κ1) is 31.9. The standard InChI is InChI=1S/C36H39N3O5S/c1-44-32-19-14-30(15-20-32)27-39(35(31-12-6-3-7-13-31)36(41)37-26-29-10-4-2-5-11-29)34(40)23-18-28-16-21-33(22-17-28)45(42,43)38-24-8-9-25-38/h2-7,10-17,19-22,35H,8-9,18,23-27H2,1H3,(H,37,41). The Kier molecular flexibility index (Phi) is 10.7. The lowest BCUT2D eigenvalue weighted by Crippen LogP contribution is -2.43. The summed E-state index contributed by atoms with van der Waals surface area (Å²) in [5.74, 6) is 0.235. The maximum atomic E-state index is 14.1. The summed E-state index contributed by atoms with van der Waals surface area (Å²) in [4.78, 5) is 29.8. The zero-order chi connectivity index (χ0) is 31.6. The van der Waals surface area contributed by atoms with Crippen molar-refractivity contribution < 1.29 is 22.7 Å². The first-order valence-electron chi connectivity index (χ1n) is 15.2. The largest absolute Gasteiger partial charge is 0.497 e. The number of amides is 2. The van der Waals surface area contributed by atoms with E-state index in [2.05, 4.69) is 5.32 Å². The summed E-state index contributed by atoms with van der Waals surface area (Å²) in [6.07, 6.45) is 2.29. The van der Waals surface area contributed by atoms with Crippen molar-refractivity contribution >= 4 is 21.8 Å². The first-order valence-corrected chi connectivity index (χ1v) is 16.7. The van der Waals surface area contributed by atoms with Crippen LogP contribution < -0.4 is 10.1 Å². The fourth-order valence-electron chi connectivity index (χ4n) is 5.54. The normalized spacial score (nSPS) is 14.1. The van der Waals surface area contributed by atoms with E-state index in [1.807, 2.05) is 84.9 Å². The van der Waals surface area contributed by atoms with Gasteiger partial charge in [0.2, 0.25) is 21.8 Å². The van der Waals surface area contributed by atoms with E-state index >= 15 is 0 Å². The summed E-state index contributed by atoms with van der Waals surface area (Å²) in [5.41, 5.74) is 3.37. The van der Waals surface area contributed by atoms with Crippen molar-refractivity contribution in [3.63, 3.8) is 0 Å². The minimum Gasteiger partial charge on any atom is -0.497 e. The van der Waals surface area contributed by atoms with Gasteiger partial charge in [-0.2, -0.15) is 4.31 Å². The quantitative estimate of drug-likeness (QED) is 0.212. The molecule has 0 aliphatic carbocycles. The second-order valence-electron chi connectivity index (χ2n) is 11.1. The highest BCUT2D eigenvalue weighted by Crippen LogP contribution is 2.27. The Hall–Kier alpha value is -4.47. The van der Waals surface area contributed by atoms with Crippen molar-refractivity contribution in [2.45, 2.75) is 49.7 Å². The molecule has 1 atom stereocenters. The maximum absolute atomic E-state index is 14.1. The van der Waals surface area contributed by atoms with Crippen LogP contribution in [-0.2, 0) is 39.1 Å². The van der Waals surface area contributed by atoms with E-state index in [4.69, 9.17) is 4.74 Å². The van der Waals surface area contributed by atoms with Crippen LogP contribution in [0.1, 0.15) is 47.6 Å². The Morgan fingerprint density at radius 2 is 1.40 bits per heavy atom. The fraction of sp³-hybridized carbons (Fsp3) is 0.278. The molecule has 1 saturated heterocycles. The van der Waals surface area contributed by atoms with Crippen LogP contribution in [-0.4, -0.2) is 49.6 Å². The molecule has 1 fully saturated rings. The molecule has 0 aromatic heterocycles. The molecule has 4 aromatic rings. The van der Waals surface area contributed by atoms with Gasteiger partial charge in [0.15, 0.2) is 0 Å². The molecule has 9 heteroatoms. The lowest BCUT2D eigenvalue weighted by molar-refractivity contribution is -0.141. The van der Waals surface area contributed by atoms with E-state index < -0.39 is 16.1 Å². The van der Waals surface area contributed by atoms with Crippen molar-refractivity contribution in [2.24, 2.45) is 0 Å².